The van der Waals surface area contributed by atoms with Crippen LogP contribution < -0.4 is 10.2 Å². The number of pyridine rings is 1. The topological polar surface area (TPSA) is 82.8 Å². The summed E-state index contributed by atoms with van der Waals surface area (Å²) < 4.78 is 1.74. The number of anilines is 2. The number of piperazine rings is 1. The normalized spacial score (nSPS) is 16.7. The molecule has 30 heavy (non-hydrogen) atoms. The summed E-state index contributed by atoms with van der Waals surface area (Å²) in [6.07, 6.45) is 1.86. The molecule has 1 aromatic carbocycles. The second-order valence-corrected chi connectivity index (χ2v) is 8.02. The van der Waals surface area contributed by atoms with Crippen LogP contribution in [-0.4, -0.2) is 57.5 Å². The van der Waals surface area contributed by atoms with E-state index in [1.165, 1.54) is 0 Å². The van der Waals surface area contributed by atoms with Gasteiger partial charge < -0.3 is 9.80 Å². The van der Waals surface area contributed by atoms with Gasteiger partial charge in [0.25, 0.3) is 5.91 Å². The van der Waals surface area contributed by atoms with E-state index in [0.29, 0.717) is 48.4 Å². The van der Waals surface area contributed by atoms with Crippen molar-refractivity contribution in [1.82, 2.24) is 19.5 Å². The molecule has 0 unspecified atom stereocenters. The standard InChI is InChI=1S/C21H21ClN6O2/c22-16-5-2-1-4-15(16)20(30)27-12-10-26(11-13-27)18-7-3-6-17-23-21(25-28(17)18)24-19(29)14-8-9-14/h1-7,14H,8-13H2,(H,24,25,29). The van der Waals surface area contributed by atoms with E-state index in [2.05, 4.69) is 20.3 Å². The number of hydrogen-bond donors (Lipinski definition) is 1. The molecule has 2 fully saturated rings. The summed E-state index contributed by atoms with van der Waals surface area (Å²) in [5.41, 5.74) is 1.20. The van der Waals surface area contributed by atoms with E-state index in [4.69, 9.17) is 11.6 Å². The van der Waals surface area contributed by atoms with Crippen LogP contribution in [0.3, 0.4) is 0 Å². The van der Waals surface area contributed by atoms with Gasteiger partial charge in [-0.05, 0) is 37.1 Å². The Labute approximate surface area is 178 Å². The number of fused-ring (bicyclic) bond motifs is 1. The molecule has 8 nitrogen and oxygen atoms in total. The van der Waals surface area contributed by atoms with Crippen LogP contribution in [0.15, 0.2) is 42.5 Å². The van der Waals surface area contributed by atoms with Crippen molar-refractivity contribution < 1.29 is 9.59 Å². The lowest BCUT2D eigenvalue weighted by Crippen LogP contribution is -2.49. The van der Waals surface area contributed by atoms with Crippen molar-refractivity contribution in [3.8, 4) is 0 Å². The SMILES string of the molecule is O=C(Nc1nc2cccc(N3CCN(C(=O)c4ccccc4Cl)CC3)n2n1)C1CC1. The molecular weight excluding hydrogens is 404 g/mol. The molecule has 2 aromatic heterocycles. The van der Waals surface area contributed by atoms with Crippen molar-refractivity contribution in [2.75, 3.05) is 36.4 Å². The minimum Gasteiger partial charge on any atom is -0.353 e. The maximum absolute atomic E-state index is 12.8. The second-order valence-electron chi connectivity index (χ2n) is 7.61. The van der Waals surface area contributed by atoms with Crippen molar-refractivity contribution in [3.05, 3.63) is 53.1 Å². The van der Waals surface area contributed by atoms with Crippen LogP contribution in [0.1, 0.15) is 23.2 Å². The van der Waals surface area contributed by atoms with Gasteiger partial charge in [-0.1, -0.05) is 29.8 Å². The number of benzene rings is 1. The van der Waals surface area contributed by atoms with Crippen molar-refractivity contribution in [2.45, 2.75) is 12.8 Å². The molecule has 1 N–H and O–H groups in total. The molecule has 9 heteroatoms. The number of rotatable bonds is 4. The third kappa shape index (κ3) is 3.59. The highest BCUT2D eigenvalue weighted by atomic mass is 35.5. The maximum Gasteiger partial charge on any atom is 0.255 e. The highest BCUT2D eigenvalue weighted by Crippen LogP contribution is 2.30. The molecule has 1 saturated carbocycles. The van der Waals surface area contributed by atoms with Crippen LogP contribution in [0.2, 0.25) is 5.02 Å². The molecule has 1 aliphatic carbocycles. The number of hydrogen-bond acceptors (Lipinski definition) is 5. The van der Waals surface area contributed by atoms with Gasteiger partial charge in [-0.15, -0.1) is 5.10 Å². The molecule has 3 aromatic rings. The Hall–Kier alpha value is -3.13. The predicted octanol–water partition coefficient (Wildman–Crippen LogP) is 2.69. The van der Waals surface area contributed by atoms with E-state index in [0.717, 1.165) is 18.7 Å². The molecular formula is C21H21ClN6O2. The summed E-state index contributed by atoms with van der Waals surface area (Å²) in [7, 11) is 0. The summed E-state index contributed by atoms with van der Waals surface area (Å²) in [4.78, 5) is 33.2. The first-order valence-corrected chi connectivity index (χ1v) is 10.4. The Morgan fingerprint density at radius 2 is 1.77 bits per heavy atom. The van der Waals surface area contributed by atoms with Crippen LogP contribution in [0.5, 0.6) is 0 Å². The number of carbonyl (C=O) groups is 2. The minimum absolute atomic E-state index is 0.0147. The number of aromatic nitrogens is 3. The van der Waals surface area contributed by atoms with Crippen LogP contribution in [0, 0.1) is 5.92 Å². The molecule has 0 bridgehead atoms. The molecule has 0 spiro atoms. The largest absolute Gasteiger partial charge is 0.353 e. The lowest BCUT2D eigenvalue weighted by atomic mass is 10.2. The van der Waals surface area contributed by atoms with E-state index < -0.39 is 0 Å². The first kappa shape index (κ1) is 18.9. The quantitative estimate of drug-likeness (QED) is 0.696. The zero-order valence-electron chi connectivity index (χ0n) is 16.3. The van der Waals surface area contributed by atoms with Crippen LogP contribution >= 0.6 is 11.6 Å². The predicted molar refractivity (Wildman–Crippen MR) is 114 cm³/mol. The zero-order valence-corrected chi connectivity index (χ0v) is 17.0. The molecule has 0 radical (unpaired) electrons. The summed E-state index contributed by atoms with van der Waals surface area (Å²) >= 11 is 6.18. The monoisotopic (exact) mass is 424 g/mol. The molecule has 1 aliphatic heterocycles. The fourth-order valence-corrected chi connectivity index (χ4v) is 3.90. The lowest BCUT2D eigenvalue weighted by molar-refractivity contribution is -0.117. The Morgan fingerprint density at radius 3 is 2.50 bits per heavy atom. The number of halogens is 1. The number of nitrogens with zero attached hydrogens (tertiary/aromatic N) is 5. The van der Waals surface area contributed by atoms with E-state index in [1.807, 2.05) is 35.2 Å². The van der Waals surface area contributed by atoms with Gasteiger partial charge in [-0.3, -0.25) is 14.9 Å². The van der Waals surface area contributed by atoms with Crippen LogP contribution in [-0.2, 0) is 4.79 Å². The number of carbonyl (C=O) groups excluding carboxylic acids is 2. The molecule has 2 aliphatic rings. The summed E-state index contributed by atoms with van der Waals surface area (Å²) in [6.45, 7) is 2.50. The Balaban J connectivity index is 1.31. The van der Waals surface area contributed by atoms with Gasteiger partial charge in [-0.25, -0.2) is 0 Å². The lowest BCUT2D eigenvalue weighted by Gasteiger charge is -2.36. The maximum atomic E-state index is 12.8. The molecule has 1 saturated heterocycles. The third-order valence-electron chi connectivity index (χ3n) is 5.52. The fraction of sp³-hybridized carbons (Fsp3) is 0.333. The van der Waals surface area contributed by atoms with Crippen molar-refractivity contribution in [3.63, 3.8) is 0 Å². The van der Waals surface area contributed by atoms with Gasteiger partial charge in [-0.2, -0.15) is 9.50 Å². The highest BCUT2D eigenvalue weighted by Gasteiger charge is 2.30. The summed E-state index contributed by atoms with van der Waals surface area (Å²) in [5, 5.41) is 7.76. The Kier molecular flexibility index (Phi) is 4.78. The van der Waals surface area contributed by atoms with Gasteiger partial charge in [0, 0.05) is 32.1 Å². The smallest absolute Gasteiger partial charge is 0.255 e. The second kappa shape index (κ2) is 7.60. The summed E-state index contributed by atoms with van der Waals surface area (Å²) in [5.74, 6) is 1.24. The summed E-state index contributed by atoms with van der Waals surface area (Å²) in [6, 6.07) is 12.9. The van der Waals surface area contributed by atoms with Gasteiger partial charge >= 0.3 is 0 Å². The van der Waals surface area contributed by atoms with E-state index in [-0.39, 0.29) is 17.7 Å². The van der Waals surface area contributed by atoms with Crippen LogP contribution in [0.4, 0.5) is 11.8 Å². The van der Waals surface area contributed by atoms with E-state index >= 15 is 0 Å². The average Bonchev–Trinajstić information content (AvgIpc) is 3.53. The number of amides is 2. The molecule has 154 valence electrons. The van der Waals surface area contributed by atoms with Crippen molar-refractivity contribution in [2.24, 2.45) is 5.92 Å². The Bertz CT molecular complexity index is 1120. The fourth-order valence-electron chi connectivity index (χ4n) is 3.69. The van der Waals surface area contributed by atoms with E-state index in [1.54, 1.807) is 16.6 Å². The van der Waals surface area contributed by atoms with Gasteiger partial charge in [0.15, 0.2) is 5.65 Å². The van der Waals surface area contributed by atoms with Crippen molar-refractivity contribution in [1.29, 1.82) is 0 Å². The van der Waals surface area contributed by atoms with E-state index in [9.17, 15) is 9.59 Å². The number of nitrogens with one attached hydrogen (secondary N) is 1. The molecule has 2 amide bonds. The highest BCUT2D eigenvalue weighted by molar-refractivity contribution is 6.33. The molecule has 3 heterocycles. The van der Waals surface area contributed by atoms with Gasteiger partial charge in [0.1, 0.15) is 5.82 Å². The third-order valence-corrected chi connectivity index (χ3v) is 5.85. The average molecular weight is 425 g/mol. The van der Waals surface area contributed by atoms with Crippen molar-refractivity contribution >= 4 is 40.8 Å². The molecule has 0 atom stereocenters. The van der Waals surface area contributed by atoms with Gasteiger partial charge in [0.2, 0.25) is 11.9 Å². The zero-order chi connectivity index (χ0) is 20.7. The van der Waals surface area contributed by atoms with Crippen LogP contribution in [0.25, 0.3) is 5.65 Å². The first-order chi connectivity index (χ1) is 14.6. The first-order valence-electron chi connectivity index (χ1n) is 10.1. The Morgan fingerprint density at radius 1 is 1.00 bits per heavy atom. The molecule has 5 rings (SSSR count). The minimum atomic E-state index is -0.0516. The van der Waals surface area contributed by atoms with Gasteiger partial charge in [0.05, 0.1) is 10.6 Å².